The normalized spacial score (nSPS) is 10.2. The highest BCUT2D eigenvalue weighted by Crippen LogP contribution is 2.34. The molecule has 0 unspecified atom stereocenters. The highest BCUT2D eigenvalue weighted by Gasteiger charge is 2.17. The van der Waals surface area contributed by atoms with Gasteiger partial charge in [0.15, 0.2) is 5.78 Å². The molecule has 2 rings (SSSR count). The van der Waals surface area contributed by atoms with E-state index in [9.17, 15) is 14.9 Å². The summed E-state index contributed by atoms with van der Waals surface area (Å²) in [6.45, 7) is 1.43. The molecule has 19 heavy (non-hydrogen) atoms. The zero-order valence-corrected chi connectivity index (χ0v) is 10.9. The maximum atomic E-state index is 11.3. The van der Waals surface area contributed by atoms with Gasteiger partial charge >= 0.3 is 0 Å². The molecule has 0 N–H and O–H groups in total. The van der Waals surface area contributed by atoms with E-state index in [1.54, 1.807) is 24.4 Å². The van der Waals surface area contributed by atoms with Gasteiger partial charge in [0, 0.05) is 17.8 Å². The van der Waals surface area contributed by atoms with Crippen molar-refractivity contribution in [2.75, 3.05) is 0 Å². The van der Waals surface area contributed by atoms with Crippen LogP contribution in [0.25, 0.3) is 0 Å². The lowest BCUT2D eigenvalue weighted by atomic mass is 10.1. The summed E-state index contributed by atoms with van der Waals surface area (Å²) in [5.74, 6) is -0.127. The molecule has 1 aromatic heterocycles. The second-order valence-electron chi connectivity index (χ2n) is 3.77. The number of carbonyl (C=O) groups excluding carboxylic acids is 1. The smallest absolute Gasteiger partial charge is 0.283 e. The highest BCUT2D eigenvalue weighted by atomic mass is 32.2. The lowest BCUT2D eigenvalue weighted by Gasteiger charge is -2.04. The number of Topliss-reactive ketones (excluding diaryl/α,β-unsaturated/α-hetero) is 1. The molecule has 0 bridgehead atoms. The van der Waals surface area contributed by atoms with Crippen LogP contribution in [0.15, 0.2) is 52.5 Å². The number of ketones is 1. The fourth-order valence-electron chi connectivity index (χ4n) is 1.49. The second kappa shape index (κ2) is 5.62. The average Bonchev–Trinajstić information content (AvgIpc) is 2.39. The van der Waals surface area contributed by atoms with Crippen molar-refractivity contribution in [2.45, 2.75) is 16.8 Å². The number of rotatable bonds is 4. The van der Waals surface area contributed by atoms with Crippen LogP contribution in [0.1, 0.15) is 17.3 Å². The van der Waals surface area contributed by atoms with Gasteiger partial charge in [0.05, 0.1) is 9.82 Å². The summed E-state index contributed by atoms with van der Waals surface area (Å²) < 4.78 is 0. The van der Waals surface area contributed by atoms with Crippen molar-refractivity contribution in [1.29, 1.82) is 0 Å². The third-order valence-corrected chi connectivity index (χ3v) is 3.41. The topological polar surface area (TPSA) is 73.1 Å². The molecule has 1 heterocycles. The number of carbonyl (C=O) groups is 1. The molecular weight excluding hydrogens is 264 g/mol. The molecule has 6 heteroatoms. The minimum absolute atomic E-state index is 0.0272. The molecule has 0 amide bonds. The molecule has 1 aromatic carbocycles. The Morgan fingerprint density at radius 2 is 2.11 bits per heavy atom. The van der Waals surface area contributed by atoms with Crippen molar-refractivity contribution in [3.05, 3.63) is 58.3 Å². The largest absolute Gasteiger partial charge is 0.295 e. The Balaban J connectivity index is 2.43. The molecule has 2 aromatic rings. The summed E-state index contributed by atoms with van der Waals surface area (Å²) in [7, 11) is 0. The van der Waals surface area contributed by atoms with Crippen LogP contribution in [-0.2, 0) is 0 Å². The molecule has 0 saturated heterocycles. The van der Waals surface area contributed by atoms with Gasteiger partial charge in [0.2, 0.25) is 0 Å². The molecule has 96 valence electrons. The molecule has 0 spiro atoms. The molecule has 0 aliphatic rings. The van der Waals surface area contributed by atoms with Crippen LogP contribution in [0, 0.1) is 10.1 Å². The van der Waals surface area contributed by atoms with E-state index in [2.05, 4.69) is 4.98 Å². The van der Waals surface area contributed by atoms with Crippen LogP contribution < -0.4 is 0 Å². The van der Waals surface area contributed by atoms with Gasteiger partial charge in [0.1, 0.15) is 5.03 Å². The predicted octanol–water partition coefficient (Wildman–Crippen LogP) is 3.34. The zero-order chi connectivity index (χ0) is 13.8. The van der Waals surface area contributed by atoms with Gasteiger partial charge in [0.25, 0.3) is 5.69 Å². The maximum absolute atomic E-state index is 11.3. The summed E-state index contributed by atoms with van der Waals surface area (Å²) >= 11 is 1.17. The van der Waals surface area contributed by atoms with Crippen LogP contribution in [0.5, 0.6) is 0 Å². The number of nitro benzene ring substituents is 1. The molecule has 0 fully saturated rings. The minimum atomic E-state index is -0.463. The van der Waals surface area contributed by atoms with E-state index in [1.807, 2.05) is 0 Å². The first-order chi connectivity index (χ1) is 9.08. The lowest BCUT2D eigenvalue weighted by Crippen LogP contribution is -1.96. The molecular formula is C13H10N2O3S. The van der Waals surface area contributed by atoms with Gasteiger partial charge in [-0.3, -0.25) is 14.9 Å². The Labute approximate surface area is 113 Å². The molecule has 0 atom stereocenters. The van der Waals surface area contributed by atoms with E-state index < -0.39 is 4.92 Å². The van der Waals surface area contributed by atoms with E-state index in [-0.39, 0.29) is 11.5 Å². The van der Waals surface area contributed by atoms with Crippen molar-refractivity contribution in [2.24, 2.45) is 0 Å². The van der Waals surface area contributed by atoms with Gasteiger partial charge in [-0.2, -0.15) is 0 Å². The van der Waals surface area contributed by atoms with E-state index in [0.717, 1.165) is 0 Å². The Bertz CT molecular complexity index is 629. The van der Waals surface area contributed by atoms with Gasteiger partial charge in [-0.15, -0.1) is 0 Å². The van der Waals surface area contributed by atoms with Crippen molar-refractivity contribution >= 4 is 23.2 Å². The minimum Gasteiger partial charge on any atom is -0.295 e. The molecule has 0 radical (unpaired) electrons. The van der Waals surface area contributed by atoms with Gasteiger partial charge in [-0.1, -0.05) is 17.8 Å². The molecule has 5 nitrogen and oxygen atoms in total. The SMILES string of the molecule is CC(=O)c1ccc([N+](=O)[O-])c(Sc2ccccn2)c1. The maximum Gasteiger partial charge on any atom is 0.283 e. The number of hydrogen-bond acceptors (Lipinski definition) is 5. The van der Waals surface area contributed by atoms with Crippen LogP contribution in [0.4, 0.5) is 5.69 Å². The van der Waals surface area contributed by atoms with Crippen LogP contribution in [0.2, 0.25) is 0 Å². The first-order valence-corrected chi connectivity index (χ1v) is 6.28. The Morgan fingerprint density at radius 3 is 2.68 bits per heavy atom. The number of aromatic nitrogens is 1. The first kappa shape index (κ1) is 13.2. The Kier molecular flexibility index (Phi) is 3.91. The van der Waals surface area contributed by atoms with Crippen molar-refractivity contribution < 1.29 is 9.72 Å². The third-order valence-electron chi connectivity index (χ3n) is 2.42. The number of nitro groups is 1. The fourth-order valence-corrected chi connectivity index (χ4v) is 2.40. The van der Waals surface area contributed by atoms with E-state index >= 15 is 0 Å². The number of benzene rings is 1. The van der Waals surface area contributed by atoms with Crippen molar-refractivity contribution in [3.8, 4) is 0 Å². The fraction of sp³-hybridized carbons (Fsp3) is 0.0769. The highest BCUT2D eigenvalue weighted by molar-refractivity contribution is 7.99. The van der Waals surface area contributed by atoms with E-state index in [1.165, 1.54) is 36.9 Å². The van der Waals surface area contributed by atoms with Crippen LogP contribution in [0.3, 0.4) is 0 Å². The summed E-state index contributed by atoms with van der Waals surface area (Å²) in [5.41, 5.74) is 0.421. The number of hydrogen-bond donors (Lipinski definition) is 0. The van der Waals surface area contributed by atoms with Crippen molar-refractivity contribution in [3.63, 3.8) is 0 Å². The van der Waals surface area contributed by atoms with E-state index in [4.69, 9.17) is 0 Å². The molecule has 0 saturated carbocycles. The summed E-state index contributed by atoms with van der Waals surface area (Å²) in [6.07, 6.45) is 1.61. The predicted molar refractivity (Wildman–Crippen MR) is 71.5 cm³/mol. The number of pyridine rings is 1. The monoisotopic (exact) mass is 274 g/mol. The van der Waals surface area contributed by atoms with E-state index in [0.29, 0.717) is 15.5 Å². The summed E-state index contributed by atoms with van der Waals surface area (Å²) in [5, 5.41) is 11.6. The van der Waals surface area contributed by atoms with Crippen molar-refractivity contribution in [1.82, 2.24) is 4.98 Å². The average molecular weight is 274 g/mol. The Morgan fingerprint density at radius 1 is 1.32 bits per heavy atom. The zero-order valence-electron chi connectivity index (χ0n) is 10.1. The van der Waals surface area contributed by atoms with Gasteiger partial charge in [-0.25, -0.2) is 4.98 Å². The Hall–Kier alpha value is -2.21. The van der Waals surface area contributed by atoms with Crippen LogP contribution in [-0.4, -0.2) is 15.7 Å². The number of nitrogens with zero attached hydrogens (tertiary/aromatic N) is 2. The molecule has 0 aliphatic heterocycles. The second-order valence-corrected chi connectivity index (χ2v) is 4.83. The summed E-state index contributed by atoms with van der Waals surface area (Å²) in [4.78, 5) is 26.4. The van der Waals surface area contributed by atoms with Gasteiger partial charge in [-0.05, 0) is 31.2 Å². The summed E-state index contributed by atoms with van der Waals surface area (Å²) in [6, 6.07) is 9.67. The van der Waals surface area contributed by atoms with Crippen LogP contribution >= 0.6 is 11.8 Å². The molecule has 0 aliphatic carbocycles. The quantitative estimate of drug-likeness (QED) is 0.485. The van der Waals surface area contributed by atoms with Gasteiger partial charge < -0.3 is 0 Å². The first-order valence-electron chi connectivity index (χ1n) is 5.46. The lowest BCUT2D eigenvalue weighted by molar-refractivity contribution is -0.387. The standard InChI is InChI=1S/C13H10N2O3S/c1-9(16)10-5-6-11(15(17)18)12(8-10)19-13-4-2-3-7-14-13/h2-8H,1H3. The third kappa shape index (κ3) is 3.17.